The van der Waals surface area contributed by atoms with E-state index in [1.54, 1.807) is 60.5 Å². The van der Waals surface area contributed by atoms with Crippen LogP contribution in [-0.4, -0.2) is 169 Å². The van der Waals surface area contributed by atoms with Crippen LogP contribution in [0.4, 0.5) is 0 Å². The van der Waals surface area contributed by atoms with Crippen molar-refractivity contribution >= 4 is 78.3 Å². The second-order valence-corrected chi connectivity index (χ2v) is 23.2. The molecule has 2 amide bonds. The number of fused-ring (bicyclic) bond motifs is 2. The third-order valence-corrected chi connectivity index (χ3v) is 16.6. The van der Waals surface area contributed by atoms with Gasteiger partial charge in [0.2, 0.25) is 31.9 Å². The van der Waals surface area contributed by atoms with Crippen molar-refractivity contribution in [2.24, 2.45) is 0 Å². The molecule has 2 aliphatic rings. The maximum atomic E-state index is 13.2. The van der Waals surface area contributed by atoms with E-state index in [0.717, 1.165) is 46.5 Å². The van der Waals surface area contributed by atoms with E-state index in [2.05, 4.69) is 43.7 Å². The van der Waals surface area contributed by atoms with Gasteiger partial charge in [-0.15, -0.1) is 0 Å². The van der Waals surface area contributed by atoms with E-state index in [9.17, 15) is 26.4 Å². The fourth-order valence-electron chi connectivity index (χ4n) is 8.83. The fourth-order valence-corrected chi connectivity index (χ4v) is 12.1. The number of likely N-dealkylation sites (N-methyl/N-ethyl adjacent to an activating group) is 3. The average molecular weight is 1140 g/mol. The predicted octanol–water partition coefficient (Wildman–Crippen LogP) is 5.72. The SMILES string of the molecule is CCN1Cc2c(Cl)cc(Cl)cc2C(c2cccc(S(=O)(=O)NCCOCCOCCNC(=O)CN(C)CC(=O)NCCOCCOCCNS(=O)(=O)c3cccc(C4CN(CC)Cc5c(Cl)cc(Cl)cc54)c3)c2)C1. The third-order valence-electron chi connectivity index (χ3n) is 12.6. The van der Waals surface area contributed by atoms with Crippen LogP contribution in [0.15, 0.2) is 82.6 Å². The number of ether oxygens (including phenoxy) is 4. The Morgan fingerprint density at radius 1 is 0.568 bits per heavy atom. The molecule has 23 heteroatoms. The van der Waals surface area contributed by atoms with E-state index in [1.165, 1.54) is 0 Å². The highest BCUT2D eigenvalue weighted by atomic mass is 35.5. The van der Waals surface area contributed by atoms with Crippen LogP contribution in [0, 0.1) is 0 Å². The first-order valence-corrected chi connectivity index (χ1v) is 29.1. The van der Waals surface area contributed by atoms with Gasteiger partial charge in [-0.25, -0.2) is 26.3 Å². The van der Waals surface area contributed by atoms with E-state index in [-0.39, 0.29) is 126 Å². The zero-order valence-electron chi connectivity index (χ0n) is 42.0. The highest BCUT2D eigenvalue weighted by Gasteiger charge is 2.31. The summed E-state index contributed by atoms with van der Waals surface area (Å²) in [5.74, 6) is -0.738. The van der Waals surface area contributed by atoms with Gasteiger partial charge in [-0.05, 0) is 102 Å². The summed E-state index contributed by atoms with van der Waals surface area (Å²) in [6.07, 6.45) is 0. The molecule has 4 N–H and O–H groups in total. The van der Waals surface area contributed by atoms with Crippen LogP contribution < -0.4 is 20.1 Å². The van der Waals surface area contributed by atoms with E-state index >= 15 is 0 Å². The van der Waals surface area contributed by atoms with Crippen LogP contribution in [0.5, 0.6) is 0 Å². The molecule has 74 heavy (non-hydrogen) atoms. The summed E-state index contributed by atoms with van der Waals surface area (Å²) in [5, 5.41) is 7.78. The lowest BCUT2D eigenvalue weighted by atomic mass is 9.84. The van der Waals surface area contributed by atoms with Gasteiger partial charge in [0, 0.05) is 84.3 Å². The number of nitrogens with one attached hydrogen (secondary N) is 4. The van der Waals surface area contributed by atoms with Crippen molar-refractivity contribution in [3.63, 3.8) is 0 Å². The predicted molar refractivity (Wildman–Crippen MR) is 289 cm³/mol. The molecule has 0 aromatic heterocycles. The zero-order valence-corrected chi connectivity index (χ0v) is 46.6. The summed E-state index contributed by atoms with van der Waals surface area (Å²) in [4.78, 5) is 31.2. The van der Waals surface area contributed by atoms with Gasteiger partial charge in [0.05, 0.1) is 75.7 Å². The molecule has 17 nitrogen and oxygen atoms in total. The second-order valence-electron chi connectivity index (χ2n) is 17.9. The van der Waals surface area contributed by atoms with E-state index in [0.29, 0.717) is 46.3 Å². The number of amides is 2. The van der Waals surface area contributed by atoms with Crippen LogP contribution in [0.25, 0.3) is 0 Å². The monoisotopic (exact) mass is 1140 g/mol. The minimum absolute atomic E-state index is 0.00167. The highest BCUT2D eigenvalue weighted by molar-refractivity contribution is 7.89. The standard InChI is InChI=1S/C51H67Cl4N7O10S2/c1-4-61-30-44(42-26-38(52)28-48(54)46(42)32-61)36-8-6-10-40(24-36)73(65,66)58-14-18-71-22-20-69-16-12-56-50(63)34-60(3)35-51(64)57-13-17-70-21-23-72-19-15-59-74(67,68)41-11-7-9-37(25-41)45-31-62(5-2)33-47-43(45)27-39(53)29-49(47)55/h6-11,24-29,44-45,58-59H,4-5,12-23,30-35H2,1-3H3,(H,56,63)(H,57,64). The molecule has 0 saturated carbocycles. The van der Waals surface area contributed by atoms with Crippen molar-refractivity contribution < 1.29 is 45.4 Å². The molecule has 2 aliphatic heterocycles. The molecule has 4 aromatic carbocycles. The normalized spacial score (nSPS) is 16.3. The number of hydrogen-bond donors (Lipinski definition) is 4. The minimum Gasteiger partial charge on any atom is -0.378 e. The van der Waals surface area contributed by atoms with Gasteiger partial charge in [-0.1, -0.05) is 84.5 Å². The summed E-state index contributed by atoms with van der Waals surface area (Å²) in [5.41, 5.74) is 5.72. The summed E-state index contributed by atoms with van der Waals surface area (Å²) in [6.45, 7) is 11.0. The maximum absolute atomic E-state index is 13.2. The second kappa shape index (κ2) is 29.3. The van der Waals surface area contributed by atoms with Crippen molar-refractivity contribution in [3.8, 4) is 0 Å². The number of nitrogens with zero attached hydrogens (tertiary/aromatic N) is 3. The molecule has 0 bridgehead atoms. The Morgan fingerprint density at radius 2 is 0.946 bits per heavy atom. The highest BCUT2D eigenvalue weighted by Crippen LogP contribution is 2.41. The topological polar surface area (TPSA) is 197 Å². The van der Waals surface area contributed by atoms with Crippen LogP contribution in [0.2, 0.25) is 20.1 Å². The lowest BCUT2D eigenvalue weighted by molar-refractivity contribution is -0.124. The first-order chi connectivity index (χ1) is 35.5. The molecule has 0 aliphatic carbocycles. The first-order valence-electron chi connectivity index (χ1n) is 24.6. The molecule has 6 rings (SSSR count). The number of sulfonamides is 2. The maximum Gasteiger partial charge on any atom is 0.240 e. The van der Waals surface area contributed by atoms with Crippen molar-refractivity contribution in [1.29, 1.82) is 0 Å². The molecule has 4 aromatic rings. The van der Waals surface area contributed by atoms with Crippen LogP contribution in [0.1, 0.15) is 59.1 Å². The number of hydrogen-bond acceptors (Lipinski definition) is 13. The average Bonchev–Trinajstić information content (AvgIpc) is 3.36. The number of rotatable bonds is 30. The number of benzene rings is 4. The summed E-state index contributed by atoms with van der Waals surface area (Å²) in [6, 6.07) is 21.2. The van der Waals surface area contributed by atoms with Gasteiger partial charge in [0.15, 0.2) is 0 Å². The first kappa shape index (κ1) is 59.8. The van der Waals surface area contributed by atoms with Gasteiger partial charge in [0.25, 0.3) is 0 Å². The Kier molecular flexibility index (Phi) is 23.7. The molecule has 0 saturated heterocycles. The van der Waals surface area contributed by atoms with Gasteiger partial charge in [-0.2, -0.15) is 0 Å². The Labute approximate surface area is 455 Å². The van der Waals surface area contributed by atoms with Crippen LogP contribution >= 0.6 is 46.4 Å². The summed E-state index contributed by atoms with van der Waals surface area (Å²) in [7, 11) is -5.97. The Balaban J connectivity index is 0.753. The van der Waals surface area contributed by atoms with Gasteiger partial charge in [-0.3, -0.25) is 24.3 Å². The molecular weight excluding hydrogens is 1080 g/mol. The van der Waals surface area contributed by atoms with Crippen molar-refractivity contribution in [1.82, 2.24) is 34.8 Å². The number of carbonyl (C=O) groups is 2. The van der Waals surface area contributed by atoms with Gasteiger partial charge in [0.1, 0.15) is 0 Å². The zero-order chi connectivity index (χ0) is 53.3. The van der Waals surface area contributed by atoms with E-state index in [1.807, 2.05) is 24.3 Å². The van der Waals surface area contributed by atoms with Crippen molar-refractivity contribution in [2.45, 2.75) is 48.6 Å². The molecular formula is C51H67Cl4N7O10S2. The van der Waals surface area contributed by atoms with E-state index in [4.69, 9.17) is 65.4 Å². The molecule has 2 heterocycles. The largest absolute Gasteiger partial charge is 0.378 e. The van der Waals surface area contributed by atoms with Crippen molar-refractivity contribution in [3.05, 3.63) is 126 Å². The smallest absolute Gasteiger partial charge is 0.240 e. The van der Waals surface area contributed by atoms with E-state index < -0.39 is 20.0 Å². The van der Waals surface area contributed by atoms with Crippen LogP contribution in [-0.2, 0) is 61.7 Å². The lowest BCUT2D eigenvalue weighted by Crippen LogP contribution is -2.42. The fraction of sp³-hybridized carbons (Fsp3) is 0.490. The quantitative estimate of drug-likeness (QED) is 0.0463. The molecule has 406 valence electrons. The molecule has 2 unspecified atom stereocenters. The molecule has 0 radical (unpaired) electrons. The lowest BCUT2D eigenvalue weighted by Gasteiger charge is -2.35. The number of carbonyl (C=O) groups excluding carboxylic acids is 2. The van der Waals surface area contributed by atoms with Crippen molar-refractivity contribution in [2.75, 3.05) is 125 Å². The summed E-state index contributed by atoms with van der Waals surface area (Å²) < 4.78 is 80.2. The third kappa shape index (κ3) is 17.8. The molecule has 0 spiro atoms. The Bertz CT molecular complexity index is 2560. The minimum atomic E-state index is -3.81. The van der Waals surface area contributed by atoms with Gasteiger partial charge >= 0.3 is 0 Å². The molecule has 2 atom stereocenters. The van der Waals surface area contributed by atoms with Gasteiger partial charge < -0.3 is 29.6 Å². The Morgan fingerprint density at radius 3 is 1.32 bits per heavy atom. The number of halogens is 4. The Hall–Kier alpha value is -3.48. The molecule has 0 fully saturated rings. The summed E-state index contributed by atoms with van der Waals surface area (Å²) >= 11 is 25.9. The van der Waals surface area contributed by atoms with Crippen LogP contribution in [0.3, 0.4) is 0 Å².